The number of ether oxygens (including phenoxy) is 1. The van der Waals surface area contributed by atoms with E-state index < -0.39 is 5.82 Å². The lowest BCUT2D eigenvalue weighted by Gasteiger charge is -2.14. The second kappa shape index (κ2) is 5.92. The molecule has 106 valence electrons. The first kappa shape index (κ1) is 15.0. The quantitative estimate of drug-likeness (QED) is 0.708. The first-order valence-electron chi connectivity index (χ1n) is 6.18. The number of rotatable bonds is 3. The van der Waals surface area contributed by atoms with Gasteiger partial charge < -0.3 is 4.74 Å². The fourth-order valence-electron chi connectivity index (χ4n) is 2.16. The van der Waals surface area contributed by atoms with Crippen LogP contribution in [0.5, 0.6) is 5.75 Å². The van der Waals surface area contributed by atoms with E-state index in [1.165, 1.54) is 13.2 Å². The van der Waals surface area contributed by atoms with E-state index in [9.17, 15) is 8.78 Å². The van der Waals surface area contributed by atoms with Crippen molar-refractivity contribution in [2.45, 2.75) is 18.7 Å². The highest BCUT2D eigenvalue weighted by molar-refractivity contribution is 9.09. The van der Waals surface area contributed by atoms with Crippen LogP contribution in [-0.4, -0.2) is 7.11 Å². The fourth-order valence-corrected chi connectivity index (χ4v) is 2.71. The normalized spacial score (nSPS) is 12.3. The molecule has 2 rings (SSSR count). The van der Waals surface area contributed by atoms with Gasteiger partial charge in [0.15, 0.2) is 11.6 Å². The van der Waals surface area contributed by atoms with Gasteiger partial charge in [0.2, 0.25) is 0 Å². The second-order valence-corrected chi connectivity index (χ2v) is 5.64. The van der Waals surface area contributed by atoms with Gasteiger partial charge >= 0.3 is 0 Å². The molecule has 1 atom stereocenters. The summed E-state index contributed by atoms with van der Waals surface area (Å²) in [7, 11) is 1.43. The van der Waals surface area contributed by atoms with Gasteiger partial charge in [0.05, 0.1) is 11.9 Å². The van der Waals surface area contributed by atoms with E-state index in [0.29, 0.717) is 11.1 Å². The molecule has 0 amide bonds. The Balaban J connectivity index is 2.41. The molecule has 0 aliphatic rings. The van der Waals surface area contributed by atoms with Crippen molar-refractivity contribution < 1.29 is 13.5 Å². The molecule has 0 N–H and O–H groups in total. The van der Waals surface area contributed by atoms with Crippen molar-refractivity contribution in [1.29, 1.82) is 0 Å². The largest absolute Gasteiger partial charge is 0.494 e. The smallest absolute Gasteiger partial charge is 0.165 e. The molecule has 20 heavy (non-hydrogen) atoms. The average molecular weight is 341 g/mol. The highest BCUT2D eigenvalue weighted by atomic mass is 79.9. The van der Waals surface area contributed by atoms with Crippen molar-refractivity contribution in [3.63, 3.8) is 0 Å². The van der Waals surface area contributed by atoms with Gasteiger partial charge in [-0.05, 0) is 48.2 Å². The summed E-state index contributed by atoms with van der Waals surface area (Å²) in [6.45, 7) is 3.44. The van der Waals surface area contributed by atoms with Crippen LogP contribution in [0, 0.1) is 25.5 Å². The molecule has 2 aromatic carbocycles. The molecular weight excluding hydrogens is 326 g/mol. The third-order valence-electron chi connectivity index (χ3n) is 3.22. The zero-order valence-corrected chi connectivity index (χ0v) is 13.1. The third-order valence-corrected chi connectivity index (χ3v) is 4.28. The molecule has 0 saturated heterocycles. The molecular formula is C16H15BrF2O. The third kappa shape index (κ3) is 2.85. The first-order valence-corrected chi connectivity index (χ1v) is 7.09. The van der Waals surface area contributed by atoms with Crippen LogP contribution in [0.1, 0.15) is 27.1 Å². The summed E-state index contributed by atoms with van der Waals surface area (Å²) >= 11 is 3.54. The molecule has 4 heteroatoms. The molecule has 0 aliphatic heterocycles. The van der Waals surface area contributed by atoms with Crippen LogP contribution in [-0.2, 0) is 0 Å². The van der Waals surface area contributed by atoms with Gasteiger partial charge in [-0.25, -0.2) is 8.78 Å². The molecule has 0 spiro atoms. The van der Waals surface area contributed by atoms with Gasteiger partial charge in [0.25, 0.3) is 0 Å². The van der Waals surface area contributed by atoms with Crippen LogP contribution in [0.4, 0.5) is 8.78 Å². The summed E-state index contributed by atoms with van der Waals surface area (Å²) in [6.07, 6.45) is 0. The lowest BCUT2D eigenvalue weighted by atomic mass is 10.00. The average Bonchev–Trinajstić information content (AvgIpc) is 2.43. The van der Waals surface area contributed by atoms with Crippen LogP contribution in [0.2, 0.25) is 0 Å². The number of methoxy groups -OCH3 is 1. The van der Waals surface area contributed by atoms with E-state index in [0.717, 1.165) is 11.1 Å². The minimum absolute atomic E-state index is 0.194. The molecule has 1 unspecified atom stereocenters. The van der Waals surface area contributed by atoms with Crippen LogP contribution in [0.3, 0.4) is 0 Å². The van der Waals surface area contributed by atoms with Gasteiger partial charge in [0.1, 0.15) is 5.82 Å². The Hall–Kier alpha value is -1.42. The van der Waals surface area contributed by atoms with Crippen molar-refractivity contribution in [3.8, 4) is 5.75 Å². The van der Waals surface area contributed by atoms with E-state index in [-0.39, 0.29) is 16.4 Å². The van der Waals surface area contributed by atoms with Crippen molar-refractivity contribution in [3.05, 3.63) is 64.2 Å². The standard InChI is InChI=1S/C16H15BrF2O/c1-9-6-12(7-10(2)16(9)19)15(17)11-4-5-14(20-3)13(18)8-11/h4-8,15H,1-3H3. The van der Waals surface area contributed by atoms with Crippen LogP contribution in [0.15, 0.2) is 30.3 Å². The molecule has 0 fully saturated rings. The minimum Gasteiger partial charge on any atom is -0.494 e. The maximum absolute atomic E-state index is 13.7. The summed E-state index contributed by atoms with van der Waals surface area (Å²) in [4.78, 5) is -0.194. The Morgan fingerprint density at radius 3 is 2.10 bits per heavy atom. The van der Waals surface area contributed by atoms with Gasteiger partial charge in [0, 0.05) is 0 Å². The number of aryl methyl sites for hydroxylation is 2. The van der Waals surface area contributed by atoms with Crippen LogP contribution < -0.4 is 4.74 Å². The predicted molar refractivity (Wildman–Crippen MR) is 79.6 cm³/mol. The van der Waals surface area contributed by atoms with Crippen molar-refractivity contribution in [2.75, 3.05) is 7.11 Å². The minimum atomic E-state index is -0.412. The summed E-state index contributed by atoms with van der Waals surface area (Å²) in [5, 5.41) is 0. The monoisotopic (exact) mass is 340 g/mol. The number of alkyl halides is 1. The summed E-state index contributed by atoms with van der Waals surface area (Å²) in [5.41, 5.74) is 2.82. The second-order valence-electron chi connectivity index (χ2n) is 4.73. The number of halogens is 3. The van der Waals surface area contributed by atoms with E-state index in [4.69, 9.17) is 4.74 Å². The maximum Gasteiger partial charge on any atom is 0.165 e. The Morgan fingerprint density at radius 2 is 1.60 bits per heavy atom. The Labute approximate surface area is 125 Å². The Kier molecular flexibility index (Phi) is 4.43. The molecule has 0 heterocycles. The molecule has 2 aromatic rings. The van der Waals surface area contributed by atoms with E-state index in [1.54, 1.807) is 38.1 Å². The maximum atomic E-state index is 13.7. The lowest BCUT2D eigenvalue weighted by molar-refractivity contribution is 0.386. The Morgan fingerprint density at radius 1 is 1.00 bits per heavy atom. The first-order chi connectivity index (χ1) is 9.43. The molecule has 0 radical (unpaired) electrons. The summed E-state index contributed by atoms with van der Waals surface area (Å²) < 4.78 is 32.3. The van der Waals surface area contributed by atoms with Crippen molar-refractivity contribution >= 4 is 15.9 Å². The molecule has 0 saturated carbocycles. The SMILES string of the molecule is COc1ccc(C(Br)c2cc(C)c(F)c(C)c2)cc1F. The number of hydrogen-bond donors (Lipinski definition) is 0. The fraction of sp³-hybridized carbons (Fsp3) is 0.250. The summed E-state index contributed by atoms with van der Waals surface area (Å²) in [6, 6.07) is 8.33. The van der Waals surface area contributed by atoms with Crippen LogP contribution >= 0.6 is 15.9 Å². The van der Waals surface area contributed by atoms with E-state index in [1.807, 2.05) is 0 Å². The zero-order chi connectivity index (χ0) is 14.9. The van der Waals surface area contributed by atoms with Gasteiger partial charge in [-0.3, -0.25) is 0 Å². The number of benzene rings is 2. The molecule has 0 aliphatic carbocycles. The van der Waals surface area contributed by atoms with Gasteiger partial charge in [-0.15, -0.1) is 0 Å². The van der Waals surface area contributed by atoms with Gasteiger partial charge in [-0.2, -0.15) is 0 Å². The van der Waals surface area contributed by atoms with Crippen molar-refractivity contribution in [1.82, 2.24) is 0 Å². The topological polar surface area (TPSA) is 9.23 Å². The molecule has 1 nitrogen and oxygen atoms in total. The predicted octanol–water partition coefficient (Wildman–Crippen LogP) is 5.07. The Bertz CT molecular complexity index is 617. The highest BCUT2D eigenvalue weighted by Gasteiger charge is 2.15. The van der Waals surface area contributed by atoms with E-state index in [2.05, 4.69) is 15.9 Å². The highest BCUT2D eigenvalue weighted by Crippen LogP contribution is 2.34. The molecule has 0 bridgehead atoms. The lowest BCUT2D eigenvalue weighted by Crippen LogP contribution is -1.98. The zero-order valence-electron chi connectivity index (χ0n) is 11.5. The molecule has 0 aromatic heterocycles. The summed E-state index contributed by atoms with van der Waals surface area (Å²) in [5.74, 6) is -0.403. The van der Waals surface area contributed by atoms with Crippen molar-refractivity contribution in [2.24, 2.45) is 0 Å². The van der Waals surface area contributed by atoms with E-state index >= 15 is 0 Å². The van der Waals surface area contributed by atoms with Gasteiger partial charge in [-0.1, -0.05) is 34.1 Å². The number of hydrogen-bond acceptors (Lipinski definition) is 1. The van der Waals surface area contributed by atoms with Crippen LogP contribution in [0.25, 0.3) is 0 Å².